The number of amides is 1. The average molecular weight is 200 g/mol. The molecular weight excluding hydrogens is 180 g/mol. The van der Waals surface area contributed by atoms with E-state index in [0.717, 1.165) is 0 Å². The minimum absolute atomic E-state index is 0.0527. The molecule has 1 amide bonds. The van der Waals surface area contributed by atoms with Crippen molar-refractivity contribution >= 4 is 11.7 Å². The maximum Gasteiger partial charge on any atom is 0.237 e. The Labute approximate surface area is 85.4 Å². The van der Waals surface area contributed by atoms with Crippen molar-refractivity contribution in [2.75, 3.05) is 13.6 Å². The van der Waals surface area contributed by atoms with Crippen LogP contribution in [0, 0.1) is 5.92 Å². The second kappa shape index (κ2) is 6.54. The number of rotatable bonds is 6. The smallest absolute Gasteiger partial charge is 0.237 e. The van der Waals surface area contributed by atoms with Gasteiger partial charge in [0.05, 0.1) is 12.6 Å². The average Bonchev–Trinajstić information content (AvgIpc) is 2.14. The zero-order valence-corrected chi connectivity index (χ0v) is 9.39. The van der Waals surface area contributed by atoms with Crippen LogP contribution in [-0.2, 0) is 9.59 Å². The molecule has 4 heteroatoms. The third kappa shape index (κ3) is 4.37. The van der Waals surface area contributed by atoms with Gasteiger partial charge in [-0.3, -0.25) is 9.59 Å². The van der Waals surface area contributed by atoms with E-state index >= 15 is 0 Å². The zero-order chi connectivity index (χ0) is 11.1. The summed E-state index contributed by atoms with van der Waals surface area (Å²) in [5.41, 5.74) is 0. The van der Waals surface area contributed by atoms with Crippen LogP contribution in [0.1, 0.15) is 27.2 Å². The van der Waals surface area contributed by atoms with Gasteiger partial charge >= 0.3 is 0 Å². The summed E-state index contributed by atoms with van der Waals surface area (Å²) >= 11 is 0. The first-order valence-electron chi connectivity index (χ1n) is 4.99. The Kier molecular flexibility index (Phi) is 6.12. The number of carbonyl (C=O) groups is 2. The number of hydrogen-bond donors (Lipinski definition) is 2. The molecule has 2 N–H and O–H groups in total. The van der Waals surface area contributed by atoms with Gasteiger partial charge in [-0.25, -0.2) is 0 Å². The molecule has 0 aromatic carbocycles. The van der Waals surface area contributed by atoms with Gasteiger partial charge in [-0.15, -0.1) is 0 Å². The Morgan fingerprint density at radius 2 is 1.86 bits per heavy atom. The van der Waals surface area contributed by atoms with Gasteiger partial charge < -0.3 is 10.6 Å². The Bertz CT molecular complexity index is 202. The SMILES string of the molecule is CCC(=O)CNC(=O)C(NC)C(C)C. The second-order valence-corrected chi connectivity index (χ2v) is 3.62. The largest absolute Gasteiger partial charge is 0.348 e. The van der Waals surface area contributed by atoms with E-state index in [9.17, 15) is 9.59 Å². The standard InChI is InChI=1S/C10H20N2O2/c1-5-8(13)6-12-10(14)9(11-4)7(2)3/h7,9,11H,5-6H2,1-4H3,(H,12,14). The number of Topliss-reactive ketones (excluding diaryl/α,β-unsaturated/α-hetero) is 1. The Morgan fingerprint density at radius 3 is 2.21 bits per heavy atom. The highest BCUT2D eigenvalue weighted by molar-refractivity contribution is 5.88. The molecule has 4 nitrogen and oxygen atoms in total. The highest BCUT2D eigenvalue weighted by Gasteiger charge is 2.19. The van der Waals surface area contributed by atoms with Crippen LogP contribution in [0.5, 0.6) is 0 Å². The van der Waals surface area contributed by atoms with Gasteiger partial charge in [0.2, 0.25) is 5.91 Å². The summed E-state index contributed by atoms with van der Waals surface area (Å²) in [4.78, 5) is 22.5. The normalized spacial score (nSPS) is 12.6. The van der Waals surface area contributed by atoms with Crippen molar-refractivity contribution in [2.45, 2.75) is 33.2 Å². The summed E-state index contributed by atoms with van der Waals surface area (Å²) in [6.45, 7) is 5.84. The van der Waals surface area contributed by atoms with Crippen LogP contribution < -0.4 is 10.6 Å². The van der Waals surface area contributed by atoms with Crippen LogP contribution in [0.25, 0.3) is 0 Å². The van der Waals surface area contributed by atoms with Crippen LogP contribution >= 0.6 is 0 Å². The molecule has 0 saturated carbocycles. The molecule has 0 rings (SSSR count). The van der Waals surface area contributed by atoms with Crippen molar-refractivity contribution in [3.05, 3.63) is 0 Å². The molecule has 0 fully saturated rings. The number of hydrogen-bond acceptors (Lipinski definition) is 3. The molecule has 82 valence electrons. The molecule has 0 bridgehead atoms. The first-order chi connectivity index (χ1) is 6.52. The second-order valence-electron chi connectivity index (χ2n) is 3.62. The summed E-state index contributed by atoms with van der Waals surface area (Å²) in [7, 11) is 1.74. The number of likely N-dealkylation sites (N-methyl/N-ethyl adjacent to an activating group) is 1. The number of ketones is 1. The highest BCUT2D eigenvalue weighted by atomic mass is 16.2. The molecule has 14 heavy (non-hydrogen) atoms. The minimum Gasteiger partial charge on any atom is -0.348 e. The van der Waals surface area contributed by atoms with Crippen molar-refractivity contribution < 1.29 is 9.59 Å². The lowest BCUT2D eigenvalue weighted by molar-refractivity contribution is -0.127. The molecule has 0 saturated heterocycles. The molecule has 0 aliphatic rings. The van der Waals surface area contributed by atoms with Crippen molar-refractivity contribution in [3.63, 3.8) is 0 Å². The minimum atomic E-state index is -0.223. The van der Waals surface area contributed by atoms with Crippen LogP contribution in [0.15, 0.2) is 0 Å². The van der Waals surface area contributed by atoms with Crippen molar-refractivity contribution in [1.82, 2.24) is 10.6 Å². The summed E-state index contributed by atoms with van der Waals surface area (Å²) in [6.07, 6.45) is 0.464. The Hall–Kier alpha value is -0.900. The van der Waals surface area contributed by atoms with Crippen LogP contribution in [0.4, 0.5) is 0 Å². The molecule has 0 aromatic heterocycles. The number of carbonyl (C=O) groups excluding carboxylic acids is 2. The molecule has 0 radical (unpaired) electrons. The van der Waals surface area contributed by atoms with E-state index in [2.05, 4.69) is 10.6 Å². The maximum atomic E-state index is 11.5. The summed E-state index contributed by atoms with van der Waals surface area (Å²) < 4.78 is 0. The summed E-state index contributed by atoms with van der Waals surface area (Å²) in [5.74, 6) is 0.165. The molecule has 0 aliphatic carbocycles. The van der Waals surface area contributed by atoms with E-state index in [1.165, 1.54) is 0 Å². The fraction of sp³-hybridized carbons (Fsp3) is 0.800. The fourth-order valence-corrected chi connectivity index (χ4v) is 1.19. The third-order valence-electron chi connectivity index (χ3n) is 2.11. The quantitative estimate of drug-likeness (QED) is 0.649. The van der Waals surface area contributed by atoms with Gasteiger partial charge in [0, 0.05) is 6.42 Å². The topological polar surface area (TPSA) is 58.2 Å². The van der Waals surface area contributed by atoms with Crippen LogP contribution in [0.3, 0.4) is 0 Å². The molecule has 0 aliphatic heterocycles. The predicted octanol–water partition coefficient (Wildman–Crippen LogP) is 0.326. The lowest BCUT2D eigenvalue weighted by atomic mass is 10.0. The van der Waals surface area contributed by atoms with E-state index < -0.39 is 0 Å². The van der Waals surface area contributed by atoms with E-state index in [-0.39, 0.29) is 30.2 Å². The van der Waals surface area contributed by atoms with Gasteiger partial charge in [-0.1, -0.05) is 20.8 Å². The molecule has 0 heterocycles. The van der Waals surface area contributed by atoms with Gasteiger partial charge in [-0.2, -0.15) is 0 Å². The highest BCUT2D eigenvalue weighted by Crippen LogP contribution is 2.00. The molecule has 1 atom stereocenters. The lowest BCUT2D eigenvalue weighted by Crippen LogP contribution is -2.47. The summed E-state index contributed by atoms with van der Waals surface area (Å²) in [6, 6.07) is -0.223. The van der Waals surface area contributed by atoms with E-state index in [1.807, 2.05) is 13.8 Å². The van der Waals surface area contributed by atoms with Crippen LogP contribution in [-0.4, -0.2) is 31.3 Å². The van der Waals surface area contributed by atoms with Crippen molar-refractivity contribution in [2.24, 2.45) is 5.92 Å². The zero-order valence-electron chi connectivity index (χ0n) is 9.39. The maximum absolute atomic E-state index is 11.5. The van der Waals surface area contributed by atoms with E-state index in [0.29, 0.717) is 6.42 Å². The van der Waals surface area contributed by atoms with E-state index in [4.69, 9.17) is 0 Å². The first-order valence-corrected chi connectivity index (χ1v) is 4.99. The molecule has 0 aromatic rings. The van der Waals surface area contributed by atoms with E-state index in [1.54, 1.807) is 14.0 Å². The third-order valence-corrected chi connectivity index (χ3v) is 2.11. The molecule has 0 spiro atoms. The van der Waals surface area contributed by atoms with Crippen molar-refractivity contribution in [1.29, 1.82) is 0 Å². The Morgan fingerprint density at radius 1 is 1.29 bits per heavy atom. The van der Waals surface area contributed by atoms with Crippen LogP contribution in [0.2, 0.25) is 0 Å². The van der Waals surface area contributed by atoms with Gasteiger partial charge in [-0.05, 0) is 13.0 Å². The summed E-state index contributed by atoms with van der Waals surface area (Å²) in [5, 5.41) is 5.53. The lowest BCUT2D eigenvalue weighted by Gasteiger charge is -2.18. The fourth-order valence-electron chi connectivity index (χ4n) is 1.19. The first kappa shape index (κ1) is 13.1. The monoisotopic (exact) mass is 200 g/mol. The van der Waals surface area contributed by atoms with Gasteiger partial charge in [0.1, 0.15) is 0 Å². The van der Waals surface area contributed by atoms with Gasteiger partial charge in [0.25, 0.3) is 0 Å². The number of nitrogens with one attached hydrogen (secondary N) is 2. The molecular formula is C10H20N2O2. The Balaban J connectivity index is 3.99. The van der Waals surface area contributed by atoms with Gasteiger partial charge in [0.15, 0.2) is 5.78 Å². The van der Waals surface area contributed by atoms with Crippen molar-refractivity contribution in [3.8, 4) is 0 Å². The predicted molar refractivity (Wildman–Crippen MR) is 56.0 cm³/mol. The molecule has 1 unspecified atom stereocenters.